The van der Waals surface area contributed by atoms with Crippen LogP contribution in [0.1, 0.15) is 11.1 Å². The Balaban J connectivity index is 0.971. The first-order valence-electron chi connectivity index (χ1n) is 25.8. The Labute approximate surface area is 455 Å². The molecular formula is C68H40F3N9. The van der Waals surface area contributed by atoms with Crippen LogP contribution in [0.25, 0.3) is 134 Å². The molecule has 4 aromatic heterocycles. The van der Waals surface area contributed by atoms with Crippen LogP contribution in [0.2, 0.25) is 0 Å². The van der Waals surface area contributed by atoms with Crippen molar-refractivity contribution in [2.75, 3.05) is 0 Å². The second kappa shape index (κ2) is 19.3. The number of hydrogen-bond acceptors (Lipinski definition) is 7. The number of halogens is 3. The van der Waals surface area contributed by atoms with Crippen molar-refractivity contribution in [3.63, 3.8) is 0 Å². The molecule has 0 radical (unpaired) electrons. The molecule has 0 aliphatic heterocycles. The molecule has 0 saturated heterocycles. The quantitative estimate of drug-likeness (QED) is 0.142. The van der Waals surface area contributed by atoms with Crippen molar-refractivity contribution in [1.82, 2.24) is 39.0 Å². The van der Waals surface area contributed by atoms with Crippen LogP contribution < -0.4 is 0 Å². The topological polar surface area (TPSA) is 111 Å². The van der Waals surface area contributed by atoms with Gasteiger partial charge in [0.2, 0.25) is 0 Å². The molecule has 14 aromatic rings. The normalized spacial score (nSPS) is 11.7. The number of rotatable bonds is 9. The van der Waals surface area contributed by atoms with Crippen molar-refractivity contribution in [2.45, 2.75) is 6.18 Å². The summed E-state index contributed by atoms with van der Waals surface area (Å²) in [5.74, 6) is 3.00. The van der Waals surface area contributed by atoms with Crippen molar-refractivity contribution in [2.24, 2.45) is 0 Å². The van der Waals surface area contributed by atoms with E-state index in [1.165, 1.54) is 12.1 Å². The molecule has 14 rings (SSSR count). The number of hydrogen-bond donors (Lipinski definition) is 0. The molecule has 0 amide bonds. The van der Waals surface area contributed by atoms with Gasteiger partial charge in [-0.15, -0.1) is 0 Å². The zero-order chi connectivity index (χ0) is 53.9. The maximum atomic E-state index is 15.2. The Bertz CT molecular complexity index is 4650. The minimum atomic E-state index is -4.72. The van der Waals surface area contributed by atoms with Gasteiger partial charge in [0.05, 0.1) is 50.6 Å². The molecule has 80 heavy (non-hydrogen) atoms. The fourth-order valence-electron chi connectivity index (χ4n) is 10.8. The molecule has 4 heterocycles. The summed E-state index contributed by atoms with van der Waals surface area (Å²) in [4.78, 5) is 29.8. The van der Waals surface area contributed by atoms with Gasteiger partial charge in [0.1, 0.15) is 0 Å². The van der Waals surface area contributed by atoms with Gasteiger partial charge in [-0.2, -0.15) is 18.4 Å². The molecule has 0 spiro atoms. The molecule has 0 aliphatic carbocycles. The highest BCUT2D eigenvalue weighted by atomic mass is 19.4. The predicted molar refractivity (Wildman–Crippen MR) is 310 cm³/mol. The fraction of sp³-hybridized carbons (Fsp3) is 0.0147. The molecule has 0 unspecified atom stereocenters. The summed E-state index contributed by atoms with van der Waals surface area (Å²) >= 11 is 0. The zero-order valence-corrected chi connectivity index (χ0v) is 42.3. The number of para-hydroxylation sites is 2. The molecule has 0 aliphatic rings. The lowest BCUT2D eigenvalue weighted by Crippen LogP contribution is -2.08. The van der Waals surface area contributed by atoms with Crippen LogP contribution in [-0.2, 0) is 6.18 Å². The maximum absolute atomic E-state index is 15.2. The van der Waals surface area contributed by atoms with E-state index in [4.69, 9.17) is 29.9 Å². The van der Waals surface area contributed by atoms with Crippen molar-refractivity contribution >= 4 is 43.6 Å². The van der Waals surface area contributed by atoms with Gasteiger partial charge in [-0.05, 0) is 78.9 Å². The first-order chi connectivity index (χ1) is 39.3. The van der Waals surface area contributed by atoms with Crippen molar-refractivity contribution < 1.29 is 13.2 Å². The highest BCUT2D eigenvalue weighted by Crippen LogP contribution is 2.45. The predicted octanol–water partition coefficient (Wildman–Crippen LogP) is 16.8. The standard InChI is InChI=1S/C68H40F3N9/c69-68(70,71)49-34-37-59(79-55-29-15-13-27-50(55)52-38-46(32-35-57(52)79)66-75-62(42-18-5-1-6-19-42)73-63(76-66)43-20-7-2-8-21-43)54(40-49)61-48(41-72)26-17-31-60(61)80-56-30-16-14-28-51(56)53-39-47(33-36-58(53)80)67-77-64(44-22-9-3-10-23-44)74-65(78-67)45-24-11-4-12-25-45/h1-40H. The van der Waals surface area contributed by atoms with Crippen LogP contribution in [0.3, 0.4) is 0 Å². The summed E-state index contributed by atoms with van der Waals surface area (Å²) in [5.41, 5.74) is 8.65. The van der Waals surface area contributed by atoms with E-state index in [-0.39, 0.29) is 11.1 Å². The maximum Gasteiger partial charge on any atom is 0.416 e. The van der Waals surface area contributed by atoms with E-state index in [2.05, 4.69) is 6.07 Å². The SMILES string of the molecule is N#Cc1cccc(-n2c3ccccc3c3cc(-c4nc(-c5ccccc5)nc(-c5ccccc5)n4)ccc32)c1-c1cc(C(F)(F)F)ccc1-n1c2ccccc2c2cc(-c3nc(-c4ccccc4)nc(-c4ccccc4)n3)ccc21. The lowest BCUT2D eigenvalue weighted by Gasteiger charge is -2.21. The highest BCUT2D eigenvalue weighted by molar-refractivity contribution is 6.13. The van der Waals surface area contributed by atoms with Crippen molar-refractivity contribution in [1.29, 1.82) is 5.26 Å². The molecule has 0 N–H and O–H groups in total. The summed E-state index contributed by atoms with van der Waals surface area (Å²) in [6, 6.07) is 78.1. The van der Waals surface area contributed by atoms with E-state index >= 15 is 13.2 Å². The van der Waals surface area contributed by atoms with Crippen molar-refractivity contribution in [3.8, 4) is 96.9 Å². The third-order valence-electron chi connectivity index (χ3n) is 14.5. The zero-order valence-electron chi connectivity index (χ0n) is 42.3. The first kappa shape index (κ1) is 47.5. The van der Waals surface area contributed by atoms with Crippen molar-refractivity contribution in [3.05, 3.63) is 254 Å². The van der Waals surface area contributed by atoms with Gasteiger partial charge >= 0.3 is 6.18 Å². The van der Waals surface area contributed by atoms with Crippen LogP contribution in [0.4, 0.5) is 13.2 Å². The highest BCUT2D eigenvalue weighted by Gasteiger charge is 2.33. The Morgan fingerprint density at radius 2 is 0.700 bits per heavy atom. The van der Waals surface area contributed by atoms with Gasteiger partial charge in [0.15, 0.2) is 34.9 Å². The van der Waals surface area contributed by atoms with E-state index in [1.54, 1.807) is 12.1 Å². The van der Waals surface area contributed by atoms with Crippen LogP contribution in [0, 0.1) is 11.3 Å². The fourth-order valence-corrected chi connectivity index (χ4v) is 10.8. The molecule has 9 nitrogen and oxygen atoms in total. The molecule has 0 atom stereocenters. The van der Waals surface area contributed by atoms with Gasteiger partial charge < -0.3 is 9.13 Å². The van der Waals surface area contributed by atoms with Gasteiger partial charge in [0.25, 0.3) is 0 Å². The third kappa shape index (κ3) is 8.29. The number of alkyl halides is 3. The molecule has 378 valence electrons. The second-order valence-corrected chi connectivity index (χ2v) is 19.3. The summed E-state index contributed by atoms with van der Waals surface area (Å²) < 4.78 is 49.7. The summed E-state index contributed by atoms with van der Waals surface area (Å²) in [6.07, 6.45) is -4.72. The van der Waals surface area contributed by atoms with E-state index in [0.717, 1.165) is 83.1 Å². The summed E-state index contributed by atoms with van der Waals surface area (Å²) in [7, 11) is 0. The smallest absolute Gasteiger partial charge is 0.309 e. The lowest BCUT2D eigenvalue weighted by molar-refractivity contribution is -0.137. The largest absolute Gasteiger partial charge is 0.416 e. The van der Waals surface area contributed by atoms with Gasteiger partial charge in [-0.3, -0.25) is 0 Å². The Kier molecular flexibility index (Phi) is 11.5. The van der Waals surface area contributed by atoms with Crippen LogP contribution in [0.5, 0.6) is 0 Å². The number of nitrogens with zero attached hydrogens (tertiary/aromatic N) is 9. The van der Waals surface area contributed by atoms with Crippen LogP contribution in [-0.4, -0.2) is 39.0 Å². The van der Waals surface area contributed by atoms with Gasteiger partial charge in [-0.1, -0.05) is 164 Å². The Morgan fingerprint density at radius 1 is 0.325 bits per heavy atom. The summed E-state index contributed by atoms with van der Waals surface area (Å²) in [6.45, 7) is 0. The van der Waals surface area contributed by atoms with E-state index in [1.807, 2.05) is 221 Å². The van der Waals surface area contributed by atoms with E-state index in [0.29, 0.717) is 51.9 Å². The number of benzene rings is 10. The molecule has 0 bridgehead atoms. The van der Waals surface area contributed by atoms with Crippen LogP contribution >= 0.6 is 0 Å². The second-order valence-electron chi connectivity index (χ2n) is 19.3. The number of nitriles is 1. The third-order valence-corrected chi connectivity index (χ3v) is 14.5. The van der Waals surface area contributed by atoms with Gasteiger partial charge in [-0.25, -0.2) is 29.9 Å². The van der Waals surface area contributed by atoms with Gasteiger partial charge in [0, 0.05) is 66.1 Å². The Morgan fingerprint density at radius 3 is 1.11 bits per heavy atom. The molecule has 10 aromatic carbocycles. The van der Waals surface area contributed by atoms with E-state index < -0.39 is 11.7 Å². The lowest BCUT2D eigenvalue weighted by atomic mass is 9.94. The Hall–Kier alpha value is -10.9. The molecular weight excluding hydrogens is 1000 g/mol. The minimum absolute atomic E-state index is 0.194. The van der Waals surface area contributed by atoms with Crippen LogP contribution in [0.15, 0.2) is 243 Å². The van der Waals surface area contributed by atoms with E-state index in [9.17, 15) is 5.26 Å². The molecule has 0 saturated carbocycles. The minimum Gasteiger partial charge on any atom is -0.309 e. The average molecular weight is 1040 g/mol. The monoisotopic (exact) mass is 1040 g/mol. The molecule has 0 fully saturated rings. The number of aromatic nitrogens is 8. The average Bonchev–Trinajstić information content (AvgIpc) is 4.05. The first-order valence-corrected chi connectivity index (χ1v) is 25.8. The molecule has 12 heteroatoms. The summed E-state index contributed by atoms with van der Waals surface area (Å²) in [5, 5.41) is 14.5. The number of fused-ring (bicyclic) bond motifs is 6.